The molecule has 0 spiro atoms. The molecule has 1 N–H and O–H groups in total. The third-order valence-corrected chi connectivity index (χ3v) is 2.66. The second-order valence-corrected chi connectivity index (χ2v) is 3.63. The van der Waals surface area contributed by atoms with Crippen molar-refractivity contribution in [2.45, 2.75) is 13.0 Å². The van der Waals surface area contributed by atoms with Crippen molar-refractivity contribution in [3.63, 3.8) is 0 Å². The monoisotopic (exact) mass is 195 g/mol. The van der Waals surface area contributed by atoms with E-state index in [1.807, 2.05) is 13.0 Å². The van der Waals surface area contributed by atoms with Crippen LogP contribution >= 0.6 is 11.5 Å². The molecule has 13 heavy (non-hydrogen) atoms. The van der Waals surface area contributed by atoms with Crippen molar-refractivity contribution in [3.05, 3.63) is 40.8 Å². The molecule has 68 valence electrons. The highest BCUT2D eigenvalue weighted by Crippen LogP contribution is 2.25. The van der Waals surface area contributed by atoms with E-state index in [1.54, 1.807) is 18.4 Å². The summed E-state index contributed by atoms with van der Waals surface area (Å²) in [7, 11) is 0. The second-order valence-electron chi connectivity index (χ2n) is 2.79. The van der Waals surface area contributed by atoms with Crippen LogP contribution in [0.15, 0.2) is 28.9 Å². The van der Waals surface area contributed by atoms with E-state index >= 15 is 0 Å². The first-order valence-corrected chi connectivity index (χ1v) is 4.69. The van der Waals surface area contributed by atoms with Crippen LogP contribution in [0.1, 0.15) is 22.4 Å². The Labute approximate surface area is 79.8 Å². The van der Waals surface area contributed by atoms with Crippen LogP contribution in [-0.2, 0) is 0 Å². The lowest BCUT2D eigenvalue weighted by molar-refractivity contribution is 0.193. The van der Waals surface area contributed by atoms with Gasteiger partial charge in [0.25, 0.3) is 0 Å². The SMILES string of the molecule is Cc1cc(C(O)c2ccco2)sn1. The van der Waals surface area contributed by atoms with Crippen LogP contribution in [0.3, 0.4) is 0 Å². The van der Waals surface area contributed by atoms with Crippen molar-refractivity contribution >= 4 is 11.5 Å². The largest absolute Gasteiger partial charge is 0.466 e. The van der Waals surface area contributed by atoms with Crippen LogP contribution in [0.25, 0.3) is 0 Å². The van der Waals surface area contributed by atoms with E-state index in [4.69, 9.17) is 4.42 Å². The van der Waals surface area contributed by atoms with E-state index in [0.717, 1.165) is 10.6 Å². The van der Waals surface area contributed by atoms with Gasteiger partial charge in [-0.25, -0.2) is 0 Å². The average Bonchev–Trinajstić information content (AvgIpc) is 2.72. The van der Waals surface area contributed by atoms with Crippen molar-refractivity contribution in [2.24, 2.45) is 0 Å². The van der Waals surface area contributed by atoms with Gasteiger partial charge in [-0.3, -0.25) is 0 Å². The number of aryl methyl sites for hydroxylation is 1. The molecule has 0 bridgehead atoms. The smallest absolute Gasteiger partial charge is 0.147 e. The highest BCUT2D eigenvalue weighted by molar-refractivity contribution is 7.05. The first-order chi connectivity index (χ1) is 6.27. The molecule has 0 aromatic carbocycles. The molecule has 0 saturated heterocycles. The topological polar surface area (TPSA) is 46.3 Å². The maximum atomic E-state index is 9.77. The summed E-state index contributed by atoms with van der Waals surface area (Å²) in [5, 5.41) is 9.77. The minimum Gasteiger partial charge on any atom is -0.466 e. The van der Waals surface area contributed by atoms with E-state index in [-0.39, 0.29) is 0 Å². The van der Waals surface area contributed by atoms with Crippen LogP contribution in [0.5, 0.6) is 0 Å². The van der Waals surface area contributed by atoms with E-state index in [1.165, 1.54) is 11.5 Å². The zero-order valence-electron chi connectivity index (χ0n) is 7.10. The van der Waals surface area contributed by atoms with Gasteiger partial charge in [0.05, 0.1) is 16.8 Å². The second kappa shape index (κ2) is 3.32. The predicted molar refractivity (Wildman–Crippen MR) is 49.6 cm³/mol. The summed E-state index contributed by atoms with van der Waals surface area (Å²) >= 11 is 1.30. The van der Waals surface area contributed by atoms with Gasteiger partial charge in [0, 0.05) is 0 Å². The lowest BCUT2D eigenvalue weighted by atomic mass is 10.2. The zero-order valence-corrected chi connectivity index (χ0v) is 7.91. The molecular weight excluding hydrogens is 186 g/mol. The Morgan fingerprint density at radius 2 is 2.46 bits per heavy atom. The Bertz CT molecular complexity index is 380. The van der Waals surface area contributed by atoms with Crippen molar-refractivity contribution in [1.29, 1.82) is 0 Å². The minimum absolute atomic E-state index is 0.559. The fraction of sp³-hybridized carbons (Fsp3) is 0.222. The first-order valence-electron chi connectivity index (χ1n) is 3.92. The van der Waals surface area contributed by atoms with Gasteiger partial charge >= 0.3 is 0 Å². The molecule has 0 fully saturated rings. The van der Waals surface area contributed by atoms with Gasteiger partial charge in [0.1, 0.15) is 11.9 Å². The molecule has 0 aliphatic carbocycles. The fourth-order valence-electron chi connectivity index (χ4n) is 1.10. The number of aromatic nitrogens is 1. The minimum atomic E-state index is -0.679. The summed E-state index contributed by atoms with van der Waals surface area (Å²) in [6, 6.07) is 5.37. The lowest BCUT2D eigenvalue weighted by Gasteiger charge is -2.02. The van der Waals surface area contributed by atoms with E-state index < -0.39 is 6.10 Å². The number of aliphatic hydroxyl groups excluding tert-OH is 1. The summed E-state index contributed by atoms with van der Waals surface area (Å²) in [5.41, 5.74) is 0.922. The molecule has 0 aliphatic heterocycles. The summed E-state index contributed by atoms with van der Waals surface area (Å²) in [4.78, 5) is 0.812. The quantitative estimate of drug-likeness (QED) is 0.798. The molecule has 1 atom stereocenters. The number of hydrogen-bond acceptors (Lipinski definition) is 4. The lowest BCUT2D eigenvalue weighted by Crippen LogP contribution is -1.93. The van der Waals surface area contributed by atoms with Crippen LogP contribution in [-0.4, -0.2) is 9.48 Å². The highest BCUT2D eigenvalue weighted by atomic mass is 32.1. The summed E-state index contributed by atoms with van der Waals surface area (Å²) in [5.74, 6) is 0.559. The Hall–Kier alpha value is -1.13. The summed E-state index contributed by atoms with van der Waals surface area (Å²) in [6.07, 6.45) is 0.869. The van der Waals surface area contributed by atoms with E-state index in [0.29, 0.717) is 5.76 Å². The molecule has 2 aromatic rings. The van der Waals surface area contributed by atoms with E-state index in [9.17, 15) is 5.11 Å². The maximum Gasteiger partial charge on any atom is 0.147 e. The Balaban J connectivity index is 2.28. The van der Waals surface area contributed by atoms with Gasteiger partial charge in [-0.15, -0.1) is 0 Å². The van der Waals surface area contributed by atoms with Gasteiger partial charge in [0.2, 0.25) is 0 Å². The highest BCUT2D eigenvalue weighted by Gasteiger charge is 2.15. The van der Waals surface area contributed by atoms with Gasteiger partial charge in [-0.2, -0.15) is 4.37 Å². The number of nitrogens with zero attached hydrogens (tertiary/aromatic N) is 1. The molecule has 3 nitrogen and oxygen atoms in total. The molecular formula is C9H9NO2S. The normalized spacial score (nSPS) is 13.1. The van der Waals surface area contributed by atoms with Crippen LogP contribution in [0, 0.1) is 6.92 Å². The summed E-state index contributed by atoms with van der Waals surface area (Å²) in [6.45, 7) is 1.90. The molecule has 2 aromatic heterocycles. The number of hydrogen-bond donors (Lipinski definition) is 1. The van der Waals surface area contributed by atoms with Crippen LogP contribution in [0.2, 0.25) is 0 Å². The van der Waals surface area contributed by atoms with Gasteiger partial charge < -0.3 is 9.52 Å². The standard InChI is InChI=1S/C9H9NO2S/c1-6-5-8(13-10-6)9(11)7-3-2-4-12-7/h2-5,9,11H,1H3. The van der Waals surface area contributed by atoms with Crippen molar-refractivity contribution in [1.82, 2.24) is 4.37 Å². The van der Waals surface area contributed by atoms with Crippen molar-refractivity contribution in [3.8, 4) is 0 Å². The third-order valence-electron chi connectivity index (χ3n) is 1.73. The van der Waals surface area contributed by atoms with Crippen LogP contribution < -0.4 is 0 Å². The Kier molecular flexibility index (Phi) is 2.16. The zero-order chi connectivity index (χ0) is 9.26. The van der Waals surface area contributed by atoms with Gasteiger partial charge in [-0.1, -0.05) is 0 Å². The van der Waals surface area contributed by atoms with E-state index in [2.05, 4.69) is 4.37 Å². The fourth-order valence-corrected chi connectivity index (χ4v) is 1.84. The Morgan fingerprint density at radius 1 is 1.62 bits per heavy atom. The molecule has 0 amide bonds. The average molecular weight is 195 g/mol. The molecule has 2 rings (SSSR count). The van der Waals surface area contributed by atoms with Crippen molar-refractivity contribution in [2.75, 3.05) is 0 Å². The predicted octanol–water partition coefficient (Wildman–Crippen LogP) is 2.13. The summed E-state index contributed by atoms with van der Waals surface area (Å²) < 4.78 is 9.18. The molecule has 1 unspecified atom stereocenters. The molecule has 2 heterocycles. The molecule has 4 heteroatoms. The van der Waals surface area contributed by atoms with Crippen molar-refractivity contribution < 1.29 is 9.52 Å². The Morgan fingerprint density at radius 3 is 3.00 bits per heavy atom. The van der Waals surface area contributed by atoms with Crippen LogP contribution in [0.4, 0.5) is 0 Å². The molecule has 0 aliphatic rings. The van der Waals surface area contributed by atoms with Gasteiger partial charge in [-0.05, 0) is 36.7 Å². The first kappa shape index (κ1) is 8.47. The third kappa shape index (κ3) is 1.64. The van der Waals surface area contributed by atoms with Gasteiger partial charge in [0.15, 0.2) is 0 Å². The molecule has 0 saturated carbocycles. The number of furan rings is 1. The molecule has 0 radical (unpaired) electrons. The number of rotatable bonds is 2. The number of aliphatic hydroxyl groups is 1. The maximum absolute atomic E-state index is 9.77.